The van der Waals surface area contributed by atoms with Gasteiger partial charge in [-0.05, 0) is 37.5 Å². The van der Waals surface area contributed by atoms with E-state index in [1.165, 1.54) is 63.5 Å². The SMILES string of the molecule is CCCCCCCCCCCCSc1nc2cc(S(=O)(=O)O)ccc2n1CCCCS(=O)(=O)O. The van der Waals surface area contributed by atoms with Crippen LogP contribution in [0.1, 0.15) is 84.0 Å². The van der Waals surface area contributed by atoms with E-state index in [4.69, 9.17) is 4.55 Å². The highest BCUT2D eigenvalue weighted by Crippen LogP contribution is 2.27. The highest BCUT2D eigenvalue weighted by Gasteiger charge is 2.16. The van der Waals surface area contributed by atoms with Gasteiger partial charge in [-0.15, -0.1) is 0 Å². The molecule has 11 heteroatoms. The van der Waals surface area contributed by atoms with Crippen molar-refractivity contribution in [2.45, 2.75) is 101 Å². The van der Waals surface area contributed by atoms with Gasteiger partial charge in [-0.1, -0.05) is 76.5 Å². The molecule has 194 valence electrons. The second-order valence-electron chi connectivity index (χ2n) is 8.70. The van der Waals surface area contributed by atoms with Gasteiger partial charge in [-0.2, -0.15) is 16.8 Å². The second kappa shape index (κ2) is 14.4. The first-order valence-corrected chi connectivity index (χ1v) is 16.2. The number of benzene rings is 1. The van der Waals surface area contributed by atoms with Gasteiger partial charge in [-0.25, -0.2) is 4.98 Å². The van der Waals surface area contributed by atoms with Crippen LogP contribution in [0.15, 0.2) is 28.3 Å². The second-order valence-corrected chi connectivity index (χ2v) is 12.8. The minimum atomic E-state index is -4.32. The highest BCUT2D eigenvalue weighted by atomic mass is 32.2. The van der Waals surface area contributed by atoms with Crippen molar-refractivity contribution in [1.82, 2.24) is 9.55 Å². The number of fused-ring (bicyclic) bond motifs is 1. The number of thioether (sulfide) groups is 1. The number of unbranched alkanes of at least 4 members (excludes halogenated alkanes) is 10. The molecule has 0 fully saturated rings. The van der Waals surface area contributed by atoms with Crippen molar-refractivity contribution in [2.75, 3.05) is 11.5 Å². The smallest absolute Gasteiger partial charge is 0.294 e. The van der Waals surface area contributed by atoms with E-state index in [0.29, 0.717) is 24.9 Å². The van der Waals surface area contributed by atoms with Gasteiger partial charge in [0.1, 0.15) is 0 Å². The van der Waals surface area contributed by atoms with E-state index in [0.717, 1.165) is 29.3 Å². The van der Waals surface area contributed by atoms with Crippen LogP contribution < -0.4 is 0 Å². The third kappa shape index (κ3) is 10.6. The van der Waals surface area contributed by atoms with E-state index in [1.54, 1.807) is 17.8 Å². The normalized spacial score (nSPS) is 12.6. The molecule has 1 aromatic heterocycles. The number of rotatable bonds is 18. The molecule has 0 saturated heterocycles. The van der Waals surface area contributed by atoms with Crippen molar-refractivity contribution in [3.63, 3.8) is 0 Å². The van der Waals surface area contributed by atoms with Crippen LogP contribution in [-0.4, -0.2) is 47.0 Å². The van der Waals surface area contributed by atoms with E-state index < -0.39 is 20.2 Å². The number of hydrogen-bond acceptors (Lipinski definition) is 6. The lowest BCUT2D eigenvalue weighted by Gasteiger charge is -2.09. The first kappa shape index (κ1) is 29.1. The van der Waals surface area contributed by atoms with E-state index >= 15 is 0 Å². The Morgan fingerprint density at radius 3 is 2.06 bits per heavy atom. The van der Waals surface area contributed by atoms with Gasteiger partial charge in [0.15, 0.2) is 5.16 Å². The topological polar surface area (TPSA) is 127 Å². The lowest BCUT2D eigenvalue weighted by atomic mass is 10.1. The molecule has 1 aromatic carbocycles. The molecule has 2 rings (SSSR count). The fraction of sp³-hybridized carbons (Fsp3) is 0.696. The predicted molar refractivity (Wildman–Crippen MR) is 138 cm³/mol. The molecule has 0 spiro atoms. The standard InChI is InChI=1S/C23H38N2O6S3/c1-2-3-4-5-6-7-8-9-10-12-17-32-23-24-21-19-20(34(29,30)31)14-15-22(21)25(23)16-11-13-18-33(26,27)28/h14-15,19H,2-13,16-18H2,1H3,(H,26,27,28)(H,29,30,31). The van der Waals surface area contributed by atoms with Crippen LogP contribution in [0.25, 0.3) is 11.0 Å². The van der Waals surface area contributed by atoms with Crippen LogP contribution in [-0.2, 0) is 26.8 Å². The van der Waals surface area contributed by atoms with E-state index in [2.05, 4.69) is 11.9 Å². The first-order valence-electron chi connectivity index (χ1n) is 12.2. The third-order valence-electron chi connectivity index (χ3n) is 5.75. The summed E-state index contributed by atoms with van der Waals surface area (Å²) in [6.45, 7) is 2.73. The fourth-order valence-electron chi connectivity index (χ4n) is 3.88. The molecular formula is C23H38N2O6S3. The minimum Gasteiger partial charge on any atom is -0.319 e. The van der Waals surface area contributed by atoms with Crippen LogP contribution >= 0.6 is 11.8 Å². The monoisotopic (exact) mass is 534 g/mol. The van der Waals surface area contributed by atoms with Crippen LogP contribution in [0.2, 0.25) is 0 Å². The van der Waals surface area contributed by atoms with Crippen molar-refractivity contribution in [2.24, 2.45) is 0 Å². The van der Waals surface area contributed by atoms with E-state index in [9.17, 15) is 21.4 Å². The molecule has 8 nitrogen and oxygen atoms in total. The Labute approximate surface area is 208 Å². The molecule has 2 aromatic rings. The molecule has 2 N–H and O–H groups in total. The van der Waals surface area contributed by atoms with Crippen LogP contribution in [0.4, 0.5) is 0 Å². The molecule has 0 atom stereocenters. The first-order chi connectivity index (χ1) is 16.1. The minimum absolute atomic E-state index is 0.206. The molecule has 0 aliphatic rings. The van der Waals surface area contributed by atoms with Crippen molar-refractivity contribution in [3.05, 3.63) is 18.2 Å². The van der Waals surface area contributed by atoms with Crippen molar-refractivity contribution in [3.8, 4) is 0 Å². The van der Waals surface area contributed by atoms with Crippen molar-refractivity contribution in [1.29, 1.82) is 0 Å². The van der Waals surface area contributed by atoms with Gasteiger partial charge >= 0.3 is 0 Å². The van der Waals surface area contributed by atoms with Gasteiger partial charge in [0.25, 0.3) is 20.2 Å². The molecule has 0 aliphatic carbocycles. The molecule has 0 saturated carbocycles. The number of hydrogen-bond donors (Lipinski definition) is 2. The van der Waals surface area contributed by atoms with Crippen LogP contribution in [0.5, 0.6) is 0 Å². The molecule has 0 unspecified atom stereocenters. The van der Waals surface area contributed by atoms with Gasteiger partial charge < -0.3 is 4.57 Å². The average molecular weight is 535 g/mol. The maximum Gasteiger partial charge on any atom is 0.294 e. The number of imidazole rings is 1. The quantitative estimate of drug-likeness (QED) is 0.136. The van der Waals surface area contributed by atoms with Gasteiger partial charge in [-0.3, -0.25) is 9.11 Å². The van der Waals surface area contributed by atoms with E-state index in [1.807, 2.05) is 4.57 Å². The molecule has 1 heterocycles. The molecular weight excluding hydrogens is 496 g/mol. The Balaban J connectivity index is 1.91. The summed E-state index contributed by atoms with van der Waals surface area (Å²) in [6.07, 6.45) is 13.4. The molecule has 0 aliphatic heterocycles. The summed E-state index contributed by atoms with van der Waals surface area (Å²) in [5, 5.41) is 0.741. The average Bonchev–Trinajstić information content (AvgIpc) is 3.10. The zero-order valence-corrected chi connectivity index (χ0v) is 22.4. The summed E-state index contributed by atoms with van der Waals surface area (Å²) in [7, 11) is -8.32. The van der Waals surface area contributed by atoms with E-state index in [-0.39, 0.29) is 10.6 Å². The van der Waals surface area contributed by atoms with Crippen molar-refractivity contribution < 1.29 is 25.9 Å². The van der Waals surface area contributed by atoms with Gasteiger partial charge in [0.2, 0.25) is 0 Å². The Morgan fingerprint density at radius 1 is 0.853 bits per heavy atom. The molecule has 34 heavy (non-hydrogen) atoms. The third-order valence-corrected chi connectivity index (χ3v) is 8.46. The Hall–Kier alpha value is -1.14. The Bertz CT molecular complexity index is 1100. The molecule has 0 radical (unpaired) electrons. The van der Waals surface area contributed by atoms with Crippen molar-refractivity contribution >= 4 is 43.0 Å². The summed E-state index contributed by atoms with van der Waals surface area (Å²) in [6, 6.07) is 4.30. The molecule has 0 bridgehead atoms. The lowest BCUT2D eigenvalue weighted by Crippen LogP contribution is -2.06. The van der Waals surface area contributed by atoms with Crippen LogP contribution in [0, 0.1) is 0 Å². The van der Waals surface area contributed by atoms with Crippen LogP contribution in [0.3, 0.4) is 0 Å². The highest BCUT2D eigenvalue weighted by molar-refractivity contribution is 7.99. The number of nitrogens with zero attached hydrogens (tertiary/aromatic N) is 2. The zero-order chi connectivity index (χ0) is 25.0. The summed E-state index contributed by atoms with van der Waals surface area (Å²) in [4.78, 5) is 4.37. The maximum atomic E-state index is 11.5. The fourth-order valence-corrected chi connectivity index (χ4v) is 5.99. The number of aryl methyl sites for hydroxylation is 1. The summed E-state index contributed by atoms with van der Waals surface area (Å²) in [5.41, 5.74) is 1.19. The maximum absolute atomic E-state index is 11.5. The largest absolute Gasteiger partial charge is 0.319 e. The Morgan fingerprint density at radius 2 is 1.47 bits per heavy atom. The number of aromatic nitrogens is 2. The lowest BCUT2D eigenvalue weighted by molar-refractivity contribution is 0.477. The predicted octanol–water partition coefficient (Wildman–Crippen LogP) is 5.96. The summed E-state index contributed by atoms with van der Waals surface area (Å²) >= 11 is 1.60. The van der Waals surface area contributed by atoms with Gasteiger partial charge in [0.05, 0.1) is 21.7 Å². The Kier molecular flexibility index (Phi) is 12.3. The molecule has 0 amide bonds. The summed E-state index contributed by atoms with van der Waals surface area (Å²) in [5.74, 6) is 0.587. The van der Waals surface area contributed by atoms with Gasteiger partial charge in [0, 0.05) is 12.3 Å². The summed E-state index contributed by atoms with van der Waals surface area (Å²) < 4.78 is 65.2. The zero-order valence-electron chi connectivity index (χ0n) is 20.0.